The predicted octanol–water partition coefficient (Wildman–Crippen LogP) is 1.51. The monoisotopic (exact) mass is 307 g/mol. The molecule has 6 heteroatoms. The molecular formula is C16H25N3O3. The summed E-state index contributed by atoms with van der Waals surface area (Å²) in [5.74, 6) is 0.212. The van der Waals surface area contributed by atoms with Gasteiger partial charge in [0.2, 0.25) is 5.91 Å². The van der Waals surface area contributed by atoms with E-state index in [1.807, 2.05) is 20.8 Å². The van der Waals surface area contributed by atoms with Gasteiger partial charge in [-0.25, -0.2) is 0 Å². The molecule has 6 nitrogen and oxygen atoms in total. The molecule has 0 spiro atoms. The lowest BCUT2D eigenvalue weighted by Gasteiger charge is -2.18. The van der Waals surface area contributed by atoms with Crippen LogP contribution in [0.15, 0.2) is 24.3 Å². The van der Waals surface area contributed by atoms with Gasteiger partial charge in [-0.1, -0.05) is 26.3 Å². The maximum absolute atomic E-state index is 12.0. The summed E-state index contributed by atoms with van der Waals surface area (Å²) in [6.45, 7) is 6.28. The van der Waals surface area contributed by atoms with Crippen LogP contribution in [0.3, 0.4) is 0 Å². The summed E-state index contributed by atoms with van der Waals surface area (Å²) in [7, 11) is 0. The Morgan fingerprint density at radius 3 is 2.68 bits per heavy atom. The first kappa shape index (κ1) is 18.0. The van der Waals surface area contributed by atoms with Gasteiger partial charge >= 0.3 is 0 Å². The molecule has 0 aliphatic heterocycles. The van der Waals surface area contributed by atoms with Crippen LogP contribution in [-0.4, -0.2) is 31.0 Å². The fourth-order valence-corrected chi connectivity index (χ4v) is 1.80. The molecule has 0 fully saturated rings. The van der Waals surface area contributed by atoms with Gasteiger partial charge in [0.1, 0.15) is 5.75 Å². The number of nitrogens with two attached hydrogens (primary N) is 1. The Labute approximate surface area is 131 Å². The molecule has 1 aromatic carbocycles. The molecule has 0 saturated carbocycles. The van der Waals surface area contributed by atoms with E-state index in [0.29, 0.717) is 18.0 Å². The number of rotatable bonds is 8. The van der Waals surface area contributed by atoms with E-state index in [1.165, 1.54) is 0 Å². The minimum atomic E-state index is -0.551. The molecule has 0 aliphatic rings. The highest BCUT2D eigenvalue weighted by Gasteiger charge is 2.19. The van der Waals surface area contributed by atoms with Crippen molar-refractivity contribution in [2.75, 3.05) is 18.5 Å². The second-order valence-corrected chi connectivity index (χ2v) is 5.17. The number of carbonyl (C=O) groups is 2. The lowest BCUT2D eigenvalue weighted by molar-refractivity contribution is -0.123. The van der Waals surface area contributed by atoms with E-state index in [4.69, 9.17) is 10.5 Å². The summed E-state index contributed by atoms with van der Waals surface area (Å²) in [5.41, 5.74) is 6.49. The van der Waals surface area contributed by atoms with Crippen molar-refractivity contribution in [3.63, 3.8) is 0 Å². The molecular weight excluding hydrogens is 282 g/mol. The van der Waals surface area contributed by atoms with Crippen LogP contribution in [0.5, 0.6) is 5.75 Å². The third-order valence-corrected chi connectivity index (χ3v) is 3.41. The molecule has 2 amide bonds. The molecule has 0 bridgehead atoms. The molecule has 22 heavy (non-hydrogen) atoms. The van der Waals surface area contributed by atoms with Crippen molar-refractivity contribution in [1.29, 1.82) is 0 Å². The Morgan fingerprint density at radius 1 is 1.32 bits per heavy atom. The van der Waals surface area contributed by atoms with Gasteiger partial charge in [0.25, 0.3) is 5.91 Å². The van der Waals surface area contributed by atoms with Crippen molar-refractivity contribution in [2.45, 2.75) is 33.2 Å². The number of ether oxygens (including phenoxy) is 1. The van der Waals surface area contributed by atoms with E-state index in [9.17, 15) is 9.59 Å². The Balaban J connectivity index is 2.60. The van der Waals surface area contributed by atoms with Crippen LogP contribution in [0, 0.1) is 5.92 Å². The average molecular weight is 307 g/mol. The zero-order valence-electron chi connectivity index (χ0n) is 13.4. The number of anilines is 1. The Kier molecular flexibility index (Phi) is 7.39. The lowest BCUT2D eigenvalue weighted by atomic mass is 9.99. The number of hydrogen-bond donors (Lipinski definition) is 3. The fraction of sp³-hybridized carbons (Fsp3) is 0.500. The van der Waals surface area contributed by atoms with E-state index < -0.39 is 6.04 Å². The van der Waals surface area contributed by atoms with Crippen LogP contribution >= 0.6 is 0 Å². The summed E-state index contributed by atoms with van der Waals surface area (Å²) in [5, 5.41) is 5.41. The number of likely N-dealkylation sites (N-methyl/N-ethyl adjacent to an activating group) is 1. The van der Waals surface area contributed by atoms with Crippen molar-refractivity contribution in [3.8, 4) is 5.75 Å². The summed E-state index contributed by atoms with van der Waals surface area (Å²) in [4.78, 5) is 23.4. The minimum Gasteiger partial charge on any atom is -0.484 e. The standard InChI is InChI=1S/C16H25N3O3/c1-4-11(3)15(17)16(21)19-12-7-6-8-13(9-12)22-10-14(20)18-5-2/h6-9,11,15H,4-5,10,17H2,1-3H3,(H,18,20)(H,19,21). The largest absolute Gasteiger partial charge is 0.484 e. The third-order valence-electron chi connectivity index (χ3n) is 3.41. The third kappa shape index (κ3) is 5.73. The highest BCUT2D eigenvalue weighted by Crippen LogP contribution is 2.18. The number of nitrogens with one attached hydrogen (secondary N) is 2. The normalized spacial score (nSPS) is 13.1. The SMILES string of the molecule is CCNC(=O)COc1cccc(NC(=O)C(N)C(C)CC)c1. The van der Waals surface area contributed by atoms with Crippen molar-refractivity contribution >= 4 is 17.5 Å². The Morgan fingerprint density at radius 2 is 2.05 bits per heavy atom. The maximum atomic E-state index is 12.0. The number of amides is 2. The molecule has 0 heterocycles. The molecule has 0 aliphatic carbocycles. The number of benzene rings is 1. The zero-order chi connectivity index (χ0) is 16.5. The van der Waals surface area contributed by atoms with Crippen molar-refractivity contribution < 1.29 is 14.3 Å². The van der Waals surface area contributed by atoms with Crippen molar-refractivity contribution in [2.24, 2.45) is 11.7 Å². The van der Waals surface area contributed by atoms with Crippen LogP contribution in [0.4, 0.5) is 5.69 Å². The topological polar surface area (TPSA) is 93.5 Å². The van der Waals surface area contributed by atoms with Crippen LogP contribution in [0.1, 0.15) is 27.2 Å². The maximum Gasteiger partial charge on any atom is 0.257 e. The van der Waals surface area contributed by atoms with Crippen molar-refractivity contribution in [1.82, 2.24) is 5.32 Å². The average Bonchev–Trinajstić information content (AvgIpc) is 2.52. The molecule has 1 rings (SSSR count). The number of hydrogen-bond acceptors (Lipinski definition) is 4. The first-order valence-electron chi connectivity index (χ1n) is 7.53. The van der Waals surface area contributed by atoms with E-state index >= 15 is 0 Å². The van der Waals surface area contributed by atoms with E-state index in [1.54, 1.807) is 24.3 Å². The minimum absolute atomic E-state index is 0.0579. The van der Waals surface area contributed by atoms with Gasteiger partial charge in [-0.2, -0.15) is 0 Å². The van der Waals surface area contributed by atoms with Gasteiger partial charge in [0, 0.05) is 18.3 Å². The lowest BCUT2D eigenvalue weighted by Crippen LogP contribution is -2.40. The van der Waals surface area contributed by atoms with Crippen LogP contribution in [-0.2, 0) is 9.59 Å². The van der Waals surface area contributed by atoms with Gasteiger partial charge < -0.3 is 21.1 Å². The van der Waals surface area contributed by atoms with Crippen LogP contribution in [0.25, 0.3) is 0 Å². The van der Waals surface area contributed by atoms with E-state index in [2.05, 4.69) is 10.6 Å². The summed E-state index contributed by atoms with van der Waals surface area (Å²) >= 11 is 0. The first-order valence-corrected chi connectivity index (χ1v) is 7.53. The van der Waals surface area contributed by atoms with Gasteiger partial charge in [-0.3, -0.25) is 9.59 Å². The molecule has 2 atom stereocenters. The van der Waals surface area contributed by atoms with Gasteiger partial charge in [-0.15, -0.1) is 0 Å². The summed E-state index contributed by atoms with van der Waals surface area (Å²) < 4.78 is 5.38. The molecule has 2 unspecified atom stereocenters. The highest BCUT2D eigenvalue weighted by molar-refractivity contribution is 5.95. The molecule has 0 radical (unpaired) electrons. The first-order chi connectivity index (χ1) is 10.5. The van der Waals surface area contributed by atoms with Crippen molar-refractivity contribution in [3.05, 3.63) is 24.3 Å². The second-order valence-electron chi connectivity index (χ2n) is 5.17. The summed E-state index contributed by atoms with van der Waals surface area (Å²) in [6.07, 6.45) is 0.838. The highest BCUT2D eigenvalue weighted by atomic mass is 16.5. The summed E-state index contributed by atoms with van der Waals surface area (Å²) in [6, 6.07) is 6.34. The molecule has 1 aromatic rings. The van der Waals surface area contributed by atoms with E-state index in [0.717, 1.165) is 6.42 Å². The fourth-order valence-electron chi connectivity index (χ4n) is 1.80. The van der Waals surface area contributed by atoms with E-state index in [-0.39, 0.29) is 24.3 Å². The van der Waals surface area contributed by atoms with Crippen LogP contribution < -0.4 is 21.1 Å². The predicted molar refractivity (Wildman–Crippen MR) is 86.7 cm³/mol. The molecule has 122 valence electrons. The molecule has 0 saturated heterocycles. The molecule has 4 N–H and O–H groups in total. The zero-order valence-corrected chi connectivity index (χ0v) is 13.4. The number of carbonyl (C=O) groups excluding carboxylic acids is 2. The smallest absolute Gasteiger partial charge is 0.257 e. The quantitative estimate of drug-likeness (QED) is 0.678. The van der Waals surface area contributed by atoms with Crippen LogP contribution in [0.2, 0.25) is 0 Å². The Hall–Kier alpha value is -2.08. The van der Waals surface area contributed by atoms with Gasteiger partial charge in [0.05, 0.1) is 6.04 Å². The molecule has 0 aromatic heterocycles. The second kappa shape index (κ2) is 9.04. The van der Waals surface area contributed by atoms with Gasteiger partial charge in [0.15, 0.2) is 6.61 Å². The van der Waals surface area contributed by atoms with Gasteiger partial charge in [-0.05, 0) is 25.0 Å². The Bertz CT molecular complexity index is 505.